The van der Waals surface area contributed by atoms with Crippen LogP contribution in [0.4, 0.5) is 0 Å². The van der Waals surface area contributed by atoms with Gasteiger partial charge in [-0.05, 0) is 37.3 Å². The predicted octanol–water partition coefficient (Wildman–Crippen LogP) is 3.61. The Morgan fingerprint density at radius 3 is 2.81 bits per heavy atom. The number of aryl methyl sites for hydroxylation is 1. The summed E-state index contributed by atoms with van der Waals surface area (Å²) in [4.78, 5) is 21.9. The highest BCUT2D eigenvalue weighted by Gasteiger charge is 2.39. The molecular weight excluding hydrogens is 422 g/mol. The summed E-state index contributed by atoms with van der Waals surface area (Å²) in [6, 6.07) is 6.02. The summed E-state index contributed by atoms with van der Waals surface area (Å²) in [6.07, 6.45) is 7.78. The normalized spacial score (nSPS) is 19.3. The number of morpholine rings is 1. The molecule has 8 heteroatoms. The van der Waals surface area contributed by atoms with E-state index < -0.39 is 0 Å². The first-order valence-electron chi connectivity index (χ1n) is 11.6. The van der Waals surface area contributed by atoms with E-state index in [1.165, 1.54) is 24.1 Å². The quantitative estimate of drug-likeness (QED) is 0.617. The van der Waals surface area contributed by atoms with Crippen molar-refractivity contribution in [1.29, 1.82) is 0 Å². The van der Waals surface area contributed by atoms with Crippen LogP contribution in [0.25, 0.3) is 11.0 Å². The zero-order valence-corrected chi connectivity index (χ0v) is 19.5. The first-order valence-corrected chi connectivity index (χ1v) is 12.5. The molecule has 1 saturated carbocycles. The van der Waals surface area contributed by atoms with E-state index in [0.717, 1.165) is 55.9 Å². The van der Waals surface area contributed by atoms with Crippen molar-refractivity contribution in [3.05, 3.63) is 45.9 Å². The third-order valence-electron chi connectivity index (χ3n) is 6.91. The van der Waals surface area contributed by atoms with Crippen LogP contribution < -0.4 is 5.32 Å². The Bertz CT molecular complexity index is 1070. The van der Waals surface area contributed by atoms with E-state index >= 15 is 0 Å². The third kappa shape index (κ3) is 4.31. The van der Waals surface area contributed by atoms with Crippen LogP contribution in [-0.4, -0.2) is 64.0 Å². The summed E-state index contributed by atoms with van der Waals surface area (Å²) < 4.78 is 7.48. The molecule has 3 aromatic heterocycles. The molecule has 0 bridgehead atoms. The molecule has 3 aromatic rings. The number of rotatable bonds is 6. The Hall–Kier alpha value is -2.29. The topological polar surface area (TPSA) is 72.3 Å². The van der Waals surface area contributed by atoms with E-state index in [1.807, 2.05) is 23.7 Å². The maximum absolute atomic E-state index is 13.4. The van der Waals surface area contributed by atoms with Gasteiger partial charge in [-0.2, -0.15) is 5.10 Å². The molecule has 0 radical (unpaired) electrons. The number of nitrogens with zero attached hydrogens (tertiary/aromatic N) is 4. The minimum Gasteiger partial charge on any atom is -0.379 e. The largest absolute Gasteiger partial charge is 0.379 e. The predicted molar refractivity (Wildman–Crippen MR) is 126 cm³/mol. The van der Waals surface area contributed by atoms with Crippen LogP contribution in [-0.2, 0) is 11.3 Å². The highest BCUT2D eigenvalue weighted by Crippen LogP contribution is 2.34. The molecule has 1 N–H and O–H groups in total. The van der Waals surface area contributed by atoms with Gasteiger partial charge < -0.3 is 10.1 Å². The summed E-state index contributed by atoms with van der Waals surface area (Å²) in [7, 11) is 0. The van der Waals surface area contributed by atoms with E-state index in [2.05, 4.69) is 26.8 Å². The molecule has 0 atom stereocenters. The SMILES string of the molecule is Cc1cc(C(=O)NCC2(N3CCOCC3)CCCCC2)c2cnn(Cc3cccs3)c2n1. The van der Waals surface area contributed by atoms with Gasteiger partial charge in [-0.15, -0.1) is 11.3 Å². The lowest BCUT2D eigenvalue weighted by atomic mass is 9.79. The highest BCUT2D eigenvalue weighted by molar-refractivity contribution is 7.09. The molecule has 0 unspecified atom stereocenters. The molecule has 0 aromatic carbocycles. The molecule has 1 saturated heterocycles. The number of thiophene rings is 1. The molecule has 1 aliphatic carbocycles. The first-order chi connectivity index (χ1) is 15.6. The lowest BCUT2D eigenvalue weighted by molar-refractivity contribution is -0.0361. The van der Waals surface area contributed by atoms with Crippen molar-refractivity contribution in [1.82, 2.24) is 25.0 Å². The van der Waals surface area contributed by atoms with Crippen LogP contribution >= 0.6 is 11.3 Å². The van der Waals surface area contributed by atoms with Gasteiger partial charge in [-0.1, -0.05) is 25.3 Å². The van der Waals surface area contributed by atoms with Crippen LogP contribution in [0.2, 0.25) is 0 Å². The summed E-state index contributed by atoms with van der Waals surface area (Å²) in [5, 5.41) is 10.7. The van der Waals surface area contributed by atoms with Crippen molar-refractivity contribution in [2.45, 2.75) is 51.1 Å². The van der Waals surface area contributed by atoms with E-state index in [4.69, 9.17) is 9.72 Å². The van der Waals surface area contributed by atoms with E-state index in [1.54, 1.807) is 17.5 Å². The fourth-order valence-corrected chi connectivity index (χ4v) is 5.90. The molecule has 2 fully saturated rings. The molecule has 32 heavy (non-hydrogen) atoms. The Morgan fingerprint density at radius 1 is 1.25 bits per heavy atom. The Kier molecular flexibility index (Phi) is 6.26. The lowest BCUT2D eigenvalue weighted by Crippen LogP contribution is -2.59. The summed E-state index contributed by atoms with van der Waals surface area (Å²) in [5.41, 5.74) is 2.31. The van der Waals surface area contributed by atoms with Crippen molar-refractivity contribution >= 4 is 28.3 Å². The maximum atomic E-state index is 13.4. The Labute approximate surface area is 192 Å². The van der Waals surface area contributed by atoms with Crippen LogP contribution in [0.3, 0.4) is 0 Å². The van der Waals surface area contributed by atoms with E-state index in [9.17, 15) is 4.79 Å². The Balaban J connectivity index is 1.37. The molecule has 2 aliphatic rings. The zero-order chi connectivity index (χ0) is 22.0. The van der Waals surface area contributed by atoms with Gasteiger partial charge >= 0.3 is 0 Å². The molecule has 1 amide bonds. The average molecular weight is 454 g/mol. The second-order valence-electron chi connectivity index (χ2n) is 9.00. The van der Waals surface area contributed by atoms with Gasteiger partial charge in [0.25, 0.3) is 5.91 Å². The number of hydrogen-bond acceptors (Lipinski definition) is 6. The summed E-state index contributed by atoms with van der Waals surface area (Å²) in [5.74, 6) is -0.0330. The summed E-state index contributed by atoms with van der Waals surface area (Å²) in [6.45, 7) is 6.74. The number of pyridine rings is 1. The van der Waals surface area contributed by atoms with Gasteiger partial charge in [0.1, 0.15) is 0 Å². The van der Waals surface area contributed by atoms with Gasteiger partial charge in [0.2, 0.25) is 0 Å². The van der Waals surface area contributed by atoms with Crippen molar-refractivity contribution in [2.75, 3.05) is 32.8 Å². The fraction of sp³-hybridized carbons (Fsp3) is 0.542. The molecule has 170 valence electrons. The van der Waals surface area contributed by atoms with Crippen LogP contribution in [0, 0.1) is 6.92 Å². The second-order valence-corrected chi connectivity index (χ2v) is 10.0. The smallest absolute Gasteiger partial charge is 0.252 e. The van der Waals surface area contributed by atoms with Gasteiger partial charge in [-0.25, -0.2) is 9.67 Å². The van der Waals surface area contributed by atoms with Crippen molar-refractivity contribution < 1.29 is 9.53 Å². The minimum absolute atomic E-state index is 0.0330. The van der Waals surface area contributed by atoms with Gasteiger partial charge in [0.15, 0.2) is 5.65 Å². The highest BCUT2D eigenvalue weighted by atomic mass is 32.1. The first kappa shape index (κ1) is 21.6. The second kappa shape index (κ2) is 9.29. The van der Waals surface area contributed by atoms with Crippen molar-refractivity contribution in [3.8, 4) is 0 Å². The third-order valence-corrected chi connectivity index (χ3v) is 7.77. The molecule has 7 nitrogen and oxygen atoms in total. The number of amides is 1. The molecule has 0 spiro atoms. The minimum atomic E-state index is -0.0330. The van der Waals surface area contributed by atoms with Gasteiger partial charge in [0, 0.05) is 35.7 Å². The molecular formula is C24H31N5O2S. The average Bonchev–Trinajstić information content (AvgIpc) is 3.49. The monoisotopic (exact) mass is 453 g/mol. The maximum Gasteiger partial charge on any atom is 0.252 e. The molecule has 4 heterocycles. The molecule has 1 aliphatic heterocycles. The van der Waals surface area contributed by atoms with Gasteiger partial charge in [0.05, 0.1) is 36.9 Å². The lowest BCUT2D eigenvalue weighted by Gasteiger charge is -2.48. The number of carbonyl (C=O) groups excluding carboxylic acids is 1. The van der Waals surface area contributed by atoms with E-state index in [0.29, 0.717) is 18.7 Å². The van der Waals surface area contributed by atoms with Crippen molar-refractivity contribution in [2.24, 2.45) is 0 Å². The molecule has 5 rings (SSSR count). The number of nitrogens with one attached hydrogen (secondary N) is 1. The number of aromatic nitrogens is 3. The van der Waals surface area contributed by atoms with Crippen LogP contribution in [0.1, 0.15) is 53.0 Å². The summed E-state index contributed by atoms with van der Waals surface area (Å²) >= 11 is 1.70. The number of fused-ring (bicyclic) bond motifs is 1. The van der Waals surface area contributed by atoms with Crippen LogP contribution in [0.15, 0.2) is 29.8 Å². The van der Waals surface area contributed by atoms with Crippen molar-refractivity contribution in [3.63, 3.8) is 0 Å². The zero-order valence-electron chi connectivity index (χ0n) is 18.7. The van der Waals surface area contributed by atoms with E-state index in [-0.39, 0.29) is 11.4 Å². The standard InChI is InChI=1S/C24H31N5O2S/c1-18-14-20(21-15-26-29(22(21)27-18)16-19-6-5-13-32-19)23(30)25-17-24(7-3-2-4-8-24)28-9-11-31-12-10-28/h5-6,13-15H,2-4,7-12,16-17H2,1H3,(H,25,30). The van der Waals surface area contributed by atoms with Crippen LogP contribution in [0.5, 0.6) is 0 Å². The number of carbonyl (C=O) groups is 1. The Morgan fingerprint density at radius 2 is 2.06 bits per heavy atom. The fourth-order valence-electron chi connectivity index (χ4n) is 5.22. The number of hydrogen-bond donors (Lipinski definition) is 1. The van der Waals surface area contributed by atoms with Gasteiger partial charge in [-0.3, -0.25) is 9.69 Å². The number of ether oxygens (including phenoxy) is 1.